The van der Waals surface area contributed by atoms with Crippen LogP contribution in [0, 0.1) is 5.92 Å². The zero-order valence-electron chi connectivity index (χ0n) is 16.3. The van der Waals surface area contributed by atoms with Crippen molar-refractivity contribution < 1.29 is 14.3 Å². The molecule has 0 aliphatic heterocycles. The maximum atomic E-state index is 12.3. The number of carbonyl (C=O) groups excluding carboxylic acids is 2. The fourth-order valence-corrected chi connectivity index (χ4v) is 2.19. The van der Waals surface area contributed by atoms with E-state index in [1.807, 2.05) is 12.1 Å². The van der Waals surface area contributed by atoms with Gasteiger partial charge in [-0.15, -0.1) is 0 Å². The van der Waals surface area contributed by atoms with Crippen molar-refractivity contribution in [2.24, 2.45) is 5.92 Å². The summed E-state index contributed by atoms with van der Waals surface area (Å²) in [6, 6.07) is 6.89. The van der Waals surface area contributed by atoms with Gasteiger partial charge in [0.2, 0.25) is 5.91 Å². The van der Waals surface area contributed by atoms with Gasteiger partial charge in [0, 0.05) is 18.7 Å². The predicted octanol–water partition coefficient (Wildman–Crippen LogP) is 2.89. The molecule has 2 N–H and O–H groups in total. The molecule has 5 nitrogen and oxygen atoms in total. The molecule has 0 saturated heterocycles. The smallest absolute Gasteiger partial charge is 0.251 e. The summed E-state index contributed by atoms with van der Waals surface area (Å²) in [6.07, 6.45) is 0. The minimum atomic E-state index is -0.597. The van der Waals surface area contributed by atoms with E-state index < -0.39 is 6.04 Å². The standard InChI is InChI=1S/C20H32N2O3/c1-14(2)13-25-12-11-21-18(23)15(3)22-19(24)16-7-9-17(10-8-16)20(4,5)6/h7-10,14-15H,11-13H2,1-6H3,(H,21,23)(H,22,24). The highest BCUT2D eigenvalue weighted by Gasteiger charge is 2.18. The lowest BCUT2D eigenvalue weighted by atomic mass is 9.86. The van der Waals surface area contributed by atoms with Crippen LogP contribution in [0.4, 0.5) is 0 Å². The number of carbonyl (C=O) groups is 2. The van der Waals surface area contributed by atoms with Crippen molar-refractivity contribution in [1.29, 1.82) is 0 Å². The van der Waals surface area contributed by atoms with Crippen molar-refractivity contribution in [2.75, 3.05) is 19.8 Å². The largest absolute Gasteiger partial charge is 0.379 e. The Morgan fingerprint density at radius 1 is 1.08 bits per heavy atom. The van der Waals surface area contributed by atoms with Gasteiger partial charge in [0.05, 0.1) is 6.61 Å². The number of ether oxygens (including phenoxy) is 1. The summed E-state index contributed by atoms with van der Waals surface area (Å²) in [4.78, 5) is 24.3. The van der Waals surface area contributed by atoms with E-state index in [0.29, 0.717) is 31.2 Å². The fraction of sp³-hybridized carbons (Fsp3) is 0.600. The Morgan fingerprint density at radius 2 is 1.68 bits per heavy atom. The maximum Gasteiger partial charge on any atom is 0.251 e. The van der Waals surface area contributed by atoms with Crippen molar-refractivity contribution >= 4 is 11.8 Å². The first kappa shape index (κ1) is 21.2. The molecular weight excluding hydrogens is 316 g/mol. The average Bonchev–Trinajstić information content (AvgIpc) is 2.53. The molecule has 1 unspecified atom stereocenters. The topological polar surface area (TPSA) is 67.4 Å². The van der Waals surface area contributed by atoms with E-state index in [2.05, 4.69) is 45.3 Å². The van der Waals surface area contributed by atoms with Crippen LogP contribution in [0.5, 0.6) is 0 Å². The number of hydrogen-bond acceptors (Lipinski definition) is 3. The molecule has 0 saturated carbocycles. The van der Waals surface area contributed by atoms with Gasteiger partial charge in [0.15, 0.2) is 0 Å². The first-order valence-corrected chi connectivity index (χ1v) is 8.88. The predicted molar refractivity (Wildman–Crippen MR) is 101 cm³/mol. The minimum Gasteiger partial charge on any atom is -0.379 e. The van der Waals surface area contributed by atoms with Crippen LogP contribution in [0.15, 0.2) is 24.3 Å². The molecule has 1 rings (SSSR count). The molecule has 1 atom stereocenters. The molecule has 1 aromatic rings. The molecule has 0 fully saturated rings. The van der Waals surface area contributed by atoms with Crippen LogP contribution in [0.3, 0.4) is 0 Å². The monoisotopic (exact) mass is 348 g/mol. The Bertz CT molecular complexity index is 559. The third-order valence-corrected chi connectivity index (χ3v) is 3.75. The van der Waals surface area contributed by atoms with Crippen LogP contribution in [-0.2, 0) is 14.9 Å². The second-order valence-corrected chi connectivity index (χ2v) is 7.78. The van der Waals surface area contributed by atoms with Gasteiger partial charge >= 0.3 is 0 Å². The molecule has 0 bridgehead atoms. The second-order valence-electron chi connectivity index (χ2n) is 7.78. The molecule has 140 valence electrons. The molecule has 5 heteroatoms. The summed E-state index contributed by atoms with van der Waals surface area (Å²) in [6.45, 7) is 13.8. The third kappa shape index (κ3) is 7.69. The zero-order chi connectivity index (χ0) is 19.0. The van der Waals surface area contributed by atoms with E-state index in [4.69, 9.17) is 4.74 Å². The van der Waals surface area contributed by atoms with Gasteiger partial charge in [-0.3, -0.25) is 9.59 Å². The Kier molecular flexibility index (Phi) is 8.10. The SMILES string of the molecule is CC(C)COCCNC(=O)C(C)NC(=O)c1ccc(C(C)(C)C)cc1. The van der Waals surface area contributed by atoms with Gasteiger partial charge < -0.3 is 15.4 Å². The van der Waals surface area contributed by atoms with Crippen molar-refractivity contribution in [3.8, 4) is 0 Å². The molecule has 0 aromatic heterocycles. The van der Waals surface area contributed by atoms with Gasteiger partial charge in [-0.25, -0.2) is 0 Å². The Labute approximate surface area is 151 Å². The average molecular weight is 348 g/mol. The highest BCUT2D eigenvalue weighted by Crippen LogP contribution is 2.22. The summed E-state index contributed by atoms with van der Waals surface area (Å²) in [7, 11) is 0. The molecule has 0 aliphatic rings. The van der Waals surface area contributed by atoms with Gasteiger partial charge in [0.25, 0.3) is 5.91 Å². The molecule has 1 aromatic carbocycles. The number of benzene rings is 1. The van der Waals surface area contributed by atoms with Crippen molar-refractivity contribution in [3.63, 3.8) is 0 Å². The van der Waals surface area contributed by atoms with Crippen molar-refractivity contribution in [3.05, 3.63) is 35.4 Å². The van der Waals surface area contributed by atoms with Gasteiger partial charge in [-0.05, 0) is 36.0 Å². The lowest BCUT2D eigenvalue weighted by Crippen LogP contribution is -2.45. The lowest BCUT2D eigenvalue weighted by Gasteiger charge is -2.19. The van der Waals surface area contributed by atoms with Crippen LogP contribution < -0.4 is 10.6 Å². The molecule has 0 radical (unpaired) electrons. The highest BCUT2D eigenvalue weighted by atomic mass is 16.5. The second kappa shape index (κ2) is 9.56. The van der Waals surface area contributed by atoms with E-state index in [1.165, 1.54) is 0 Å². The molecule has 25 heavy (non-hydrogen) atoms. The number of rotatable bonds is 8. The minimum absolute atomic E-state index is 0.0415. The number of hydrogen-bond donors (Lipinski definition) is 2. The number of nitrogens with one attached hydrogen (secondary N) is 2. The van der Waals surface area contributed by atoms with Crippen LogP contribution in [0.1, 0.15) is 57.5 Å². The maximum absolute atomic E-state index is 12.3. The molecule has 2 amide bonds. The lowest BCUT2D eigenvalue weighted by molar-refractivity contribution is -0.122. The van der Waals surface area contributed by atoms with Crippen LogP contribution in [0.25, 0.3) is 0 Å². The third-order valence-electron chi connectivity index (χ3n) is 3.75. The number of amides is 2. The van der Waals surface area contributed by atoms with E-state index in [9.17, 15) is 9.59 Å². The summed E-state index contributed by atoms with van der Waals surface area (Å²) in [5.41, 5.74) is 1.75. The van der Waals surface area contributed by atoms with Gasteiger partial charge in [-0.2, -0.15) is 0 Å². The summed E-state index contributed by atoms with van der Waals surface area (Å²) >= 11 is 0. The van der Waals surface area contributed by atoms with Crippen molar-refractivity contribution in [1.82, 2.24) is 10.6 Å². The Balaban J connectivity index is 2.43. The summed E-state index contributed by atoms with van der Waals surface area (Å²) in [5, 5.41) is 5.48. The molecular formula is C20H32N2O3. The van der Waals surface area contributed by atoms with Crippen LogP contribution >= 0.6 is 0 Å². The zero-order valence-corrected chi connectivity index (χ0v) is 16.3. The van der Waals surface area contributed by atoms with Crippen molar-refractivity contribution in [2.45, 2.75) is 53.0 Å². The highest BCUT2D eigenvalue weighted by molar-refractivity contribution is 5.97. The van der Waals surface area contributed by atoms with Crippen LogP contribution in [0.2, 0.25) is 0 Å². The quantitative estimate of drug-likeness (QED) is 0.710. The van der Waals surface area contributed by atoms with Gasteiger partial charge in [-0.1, -0.05) is 46.8 Å². The molecule has 0 heterocycles. The van der Waals surface area contributed by atoms with E-state index in [0.717, 1.165) is 5.56 Å². The Morgan fingerprint density at radius 3 is 2.20 bits per heavy atom. The van der Waals surface area contributed by atoms with Crippen LogP contribution in [-0.4, -0.2) is 37.6 Å². The summed E-state index contributed by atoms with van der Waals surface area (Å²) in [5.74, 6) is 0.00515. The molecule has 0 spiro atoms. The van der Waals surface area contributed by atoms with E-state index >= 15 is 0 Å². The molecule has 0 aliphatic carbocycles. The van der Waals surface area contributed by atoms with Gasteiger partial charge in [0.1, 0.15) is 6.04 Å². The Hall–Kier alpha value is -1.88. The first-order valence-electron chi connectivity index (χ1n) is 8.88. The summed E-state index contributed by atoms with van der Waals surface area (Å²) < 4.78 is 5.41. The fourth-order valence-electron chi connectivity index (χ4n) is 2.19. The normalized spacial score (nSPS) is 12.8. The van der Waals surface area contributed by atoms with E-state index in [1.54, 1.807) is 19.1 Å². The first-order chi connectivity index (χ1) is 11.6. The van der Waals surface area contributed by atoms with E-state index in [-0.39, 0.29) is 17.2 Å².